The number of morpholine rings is 1. The van der Waals surface area contributed by atoms with Gasteiger partial charge in [0.25, 0.3) is 0 Å². The number of rotatable bonds is 17. The van der Waals surface area contributed by atoms with Crippen molar-refractivity contribution < 1.29 is 68.1 Å². The number of anilines is 1. The molecule has 18 nitrogen and oxygen atoms in total. The molecule has 4 aromatic carbocycles. The zero-order valence-electron chi connectivity index (χ0n) is 39.6. The predicted molar refractivity (Wildman–Crippen MR) is 266 cm³/mol. The van der Waals surface area contributed by atoms with Crippen molar-refractivity contribution in [2.75, 3.05) is 76.9 Å². The van der Waals surface area contributed by atoms with Gasteiger partial charge in [-0.1, -0.05) is 12.1 Å². The zero-order valence-corrected chi connectivity index (χ0v) is 42.1. The molecule has 5 aromatic rings. The number of ether oxygens (including phenoxy) is 5. The van der Waals surface area contributed by atoms with Gasteiger partial charge in [0.05, 0.1) is 0 Å². The Kier molecular flexibility index (Phi) is 16.9. The summed E-state index contributed by atoms with van der Waals surface area (Å²) in [5, 5.41) is 41.9. The molecule has 2 saturated heterocycles. The summed E-state index contributed by atoms with van der Waals surface area (Å²) in [7, 11) is 1.49. The number of aliphatic hydroxyl groups excluding tert-OH is 3. The molecule has 20 heteroatoms. The van der Waals surface area contributed by atoms with Crippen molar-refractivity contribution in [3.8, 4) is 23.8 Å². The first-order valence-electron chi connectivity index (χ1n) is 23.4. The van der Waals surface area contributed by atoms with Crippen LogP contribution in [0.15, 0.2) is 72.8 Å². The Balaban J connectivity index is 0.908. The monoisotopic (exact) mass is 1070 g/mol. The van der Waals surface area contributed by atoms with Crippen LogP contribution in [0.25, 0.3) is 20.4 Å². The molecule has 6 atom stereocenters. The van der Waals surface area contributed by atoms with Crippen LogP contribution >= 0.6 is 11.6 Å². The Hall–Kier alpha value is -6.04. The van der Waals surface area contributed by atoms with Gasteiger partial charge in [-0.2, -0.15) is 0 Å². The van der Waals surface area contributed by atoms with Gasteiger partial charge in [0.2, 0.25) is 6.29 Å². The molecular formula is C52H55ClN4O14Se. The van der Waals surface area contributed by atoms with Gasteiger partial charge in [-0.3, -0.25) is 0 Å². The maximum absolute atomic E-state index is 14.6. The molecule has 380 valence electrons. The molecule has 8 rings (SSSR count). The van der Waals surface area contributed by atoms with Gasteiger partial charge in [0.1, 0.15) is 30.7 Å². The van der Waals surface area contributed by atoms with Crippen molar-refractivity contribution in [1.29, 1.82) is 0 Å². The Morgan fingerprint density at radius 1 is 0.903 bits per heavy atom. The fraction of sp³-hybridized carbons (Fsp3) is 0.404. The fourth-order valence-corrected chi connectivity index (χ4v) is 11.2. The Bertz CT molecular complexity index is 2870. The van der Waals surface area contributed by atoms with E-state index in [9.17, 15) is 44.4 Å². The molecule has 0 spiro atoms. The number of ketones is 1. The normalized spacial score (nSPS) is 20.9. The van der Waals surface area contributed by atoms with E-state index in [2.05, 4.69) is 10.8 Å². The van der Waals surface area contributed by atoms with Crippen molar-refractivity contribution >= 4 is 82.1 Å². The number of aliphatic carboxylic acids is 1. The van der Waals surface area contributed by atoms with Crippen molar-refractivity contribution in [3.63, 3.8) is 0 Å². The molecule has 3 amide bonds. The minimum atomic E-state index is -1.86. The summed E-state index contributed by atoms with van der Waals surface area (Å²) in [6.45, 7) is 5.71. The maximum atomic E-state index is 14.6. The third-order valence-corrected chi connectivity index (χ3v) is 15.6. The average molecular weight is 1070 g/mol. The van der Waals surface area contributed by atoms with E-state index >= 15 is 0 Å². The van der Waals surface area contributed by atoms with E-state index in [0.29, 0.717) is 60.2 Å². The fourth-order valence-electron chi connectivity index (χ4n) is 8.91. The number of nitrogens with zero attached hydrogens (tertiary/aromatic N) is 4. The number of hydrogen-bond donors (Lipinski definition) is 4. The number of halogens is 1. The molecule has 0 saturated carbocycles. The van der Waals surface area contributed by atoms with Crippen LogP contribution in [0.2, 0.25) is 0 Å². The van der Waals surface area contributed by atoms with Gasteiger partial charge in [-0.25, -0.2) is 9.59 Å². The van der Waals surface area contributed by atoms with Crippen LogP contribution in [0.5, 0.6) is 11.5 Å². The zero-order chi connectivity index (χ0) is 51.2. The number of amides is 3. The van der Waals surface area contributed by atoms with Gasteiger partial charge in [0, 0.05) is 7.05 Å². The number of alkyl halides is 1. The molecule has 0 radical (unpaired) electrons. The standard InChI is InChI=1S/C52H55ClN4O14Se/c1-4-14-56(17-16-54(3)51(65)68-29-31-6-9-36(10-7-31)69-50-46(61)44(59)45(60)47(71-50)49(63)64)52(66)70-40-26-39-43(38-22-30(2)5-11-37(38)40)34(27-53)28-57(39)48(62)42-25-33-23-32(8-12-41(33)72-42)24-35(58)13-15-55-18-20-67-21-19-55/h1,5-12,22-23,25-26,34,44-47,50,59-61H,13-21,24,27-29H2,2-3H3,(H,63,64)/t34-,44?,45?,46?,47?,50?/m1/s1. The molecule has 3 aliphatic heterocycles. The van der Waals surface area contributed by atoms with Crippen LogP contribution in [0.3, 0.4) is 0 Å². The van der Waals surface area contributed by atoms with E-state index in [0.717, 1.165) is 44.8 Å². The number of aryl methyl sites for hydroxylation is 1. The van der Waals surface area contributed by atoms with Gasteiger partial charge < -0.3 is 34.6 Å². The van der Waals surface area contributed by atoms with Crippen molar-refractivity contribution in [2.24, 2.45) is 0 Å². The Morgan fingerprint density at radius 3 is 2.38 bits per heavy atom. The third kappa shape index (κ3) is 11.9. The second-order valence-corrected chi connectivity index (χ2v) is 20.6. The molecule has 3 aliphatic rings. The number of carbonyl (C=O) groups excluding carboxylic acids is 4. The summed E-state index contributed by atoms with van der Waals surface area (Å²) in [5.41, 5.74) is 3.88. The van der Waals surface area contributed by atoms with E-state index in [1.165, 1.54) is 29.0 Å². The number of hydrogen-bond acceptors (Lipinski definition) is 14. The van der Waals surface area contributed by atoms with Gasteiger partial charge in [0.15, 0.2) is 6.10 Å². The summed E-state index contributed by atoms with van der Waals surface area (Å²) in [6, 6.07) is 21.4. The Labute approximate surface area is 426 Å². The number of fused-ring (bicyclic) bond motifs is 4. The second-order valence-electron chi connectivity index (χ2n) is 18.0. The van der Waals surface area contributed by atoms with Crippen LogP contribution in [-0.4, -0.2) is 182 Å². The number of terminal acetylenes is 1. The van der Waals surface area contributed by atoms with Crippen LogP contribution in [0, 0.1) is 19.3 Å². The first kappa shape index (κ1) is 52.3. The van der Waals surface area contributed by atoms with Gasteiger partial charge in [-0.05, 0) is 17.7 Å². The number of likely N-dealkylation sites (N-methyl/N-ethyl adjacent to an activating group) is 1. The van der Waals surface area contributed by atoms with Crippen LogP contribution < -0.4 is 14.4 Å². The van der Waals surface area contributed by atoms with Crippen molar-refractivity contribution in [2.45, 2.75) is 63.0 Å². The molecule has 0 bridgehead atoms. The summed E-state index contributed by atoms with van der Waals surface area (Å²) < 4.78 is 29.4. The molecule has 4 N–H and O–H groups in total. The van der Waals surface area contributed by atoms with Crippen LogP contribution in [0.4, 0.5) is 15.3 Å². The second kappa shape index (κ2) is 23.2. The summed E-state index contributed by atoms with van der Waals surface area (Å²) >= 11 is 6.33. The average Bonchev–Trinajstić information content (AvgIpc) is 3.98. The minimum absolute atomic E-state index is 0.0137. The molecule has 0 aliphatic carbocycles. The number of carboxylic acid groups (broad SMARTS) is 1. The topological polar surface area (TPSA) is 225 Å². The summed E-state index contributed by atoms with van der Waals surface area (Å²) in [5.74, 6) is 1.33. The molecule has 72 heavy (non-hydrogen) atoms. The number of Topliss-reactive ketones (excluding diaryl/α,β-unsaturated/α-hetero) is 1. The first-order valence-corrected chi connectivity index (χ1v) is 25.6. The van der Waals surface area contributed by atoms with E-state index in [-0.39, 0.29) is 75.7 Å². The van der Waals surface area contributed by atoms with E-state index in [1.807, 2.05) is 49.4 Å². The first-order chi connectivity index (χ1) is 34.6. The van der Waals surface area contributed by atoms with E-state index in [1.54, 1.807) is 23.1 Å². The van der Waals surface area contributed by atoms with Crippen molar-refractivity contribution in [1.82, 2.24) is 14.7 Å². The number of benzene rings is 4. The van der Waals surface area contributed by atoms with Crippen molar-refractivity contribution in [3.05, 3.63) is 99.5 Å². The Morgan fingerprint density at radius 2 is 1.65 bits per heavy atom. The predicted octanol–water partition coefficient (Wildman–Crippen LogP) is 4.15. The molecule has 5 unspecified atom stereocenters. The third-order valence-electron chi connectivity index (χ3n) is 12.9. The molecule has 4 heterocycles. The number of aliphatic hydroxyl groups is 3. The summed E-state index contributed by atoms with van der Waals surface area (Å²) in [6.07, 6.45) is -3.83. The molecule has 2 fully saturated rings. The SMILES string of the molecule is C#CCN(CCN(C)C(=O)OCc1ccc(OC2OC(C(=O)O)C(O)C(O)C2O)cc1)C(=O)Oc1cc2c(c3cc(C)ccc13)[C@H](CCl)CN2C(=O)c1cc2cc(CC(=O)CCN3CCOCC3)ccc2[se]1. The summed E-state index contributed by atoms with van der Waals surface area (Å²) in [4.78, 5) is 72.5. The molecule has 1 aromatic heterocycles. The molecular weight excluding hydrogens is 1020 g/mol. The quantitative estimate of drug-likeness (QED) is 0.0583. The van der Waals surface area contributed by atoms with Crippen LogP contribution in [0.1, 0.15) is 43.8 Å². The van der Waals surface area contributed by atoms with Gasteiger partial charge in [-0.15, -0.1) is 0 Å². The number of carboxylic acids is 1. The number of carbonyl (C=O) groups is 5. The van der Waals surface area contributed by atoms with E-state index < -0.39 is 48.9 Å². The van der Waals surface area contributed by atoms with Gasteiger partial charge >= 0.3 is 304 Å². The van der Waals surface area contributed by atoms with Crippen LogP contribution in [-0.2, 0) is 36.8 Å². The van der Waals surface area contributed by atoms with E-state index in [4.69, 9.17) is 41.7 Å².